The van der Waals surface area contributed by atoms with Gasteiger partial charge in [0, 0.05) is 11.8 Å². The Hall–Kier alpha value is -2.61. The van der Waals surface area contributed by atoms with Crippen molar-refractivity contribution in [3.63, 3.8) is 0 Å². The Morgan fingerprint density at radius 3 is 3.04 bits per heavy atom. The molecule has 26 heavy (non-hydrogen) atoms. The van der Waals surface area contributed by atoms with Crippen molar-refractivity contribution in [2.24, 2.45) is 0 Å². The first kappa shape index (κ1) is 16.8. The number of hydrogen-bond donors (Lipinski definition) is 1. The molecule has 1 N–H and O–H groups in total. The fraction of sp³-hybridized carbons (Fsp3) is 0.389. The van der Waals surface area contributed by atoms with Crippen LogP contribution in [0.2, 0.25) is 0 Å². The zero-order valence-electron chi connectivity index (χ0n) is 14.7. The minimum absolute atomic E-state index is 0.0502. The van der Waals surface area contributed by atoms with E-state index >= 15 is 0 Å². The van der Waals surface area contributed by atoms with Gasteiger partial charge in [0.25, 0.3) is 5.91 Å². The van der Waals surface area contributed by atoms with Gasteiger partial charge in [0.1, 0.15) is 4.88 Å². The number of carbonyl (C=O) groups is 1. The Kier molecular flexibility index (Phi) is 4.50. The van der Waals surface area contributed by atoms with E-state index in [0.29, 0.717) is 4.88 Å². The van der Waals surface area contributed by atoms with Crippen LogP contribution in [0.1, 0.15) is 65.3 Å². The van der Waals surface area contributed by atoms with Gasteiger partial charge in [0.2, 0.25) is 0 Å². The lowest BCUT2D eigenvalue weighted by Crippen LogP contribution is -2.31. The molecule has 0 saturated heterocycles. The molecule has 134 valence electrons. The van der Waals surface area contributed by atoms with E-state index in [4.69, 9.17) is 0 Å². The third-order valence-corrected chi connectivity index (χ3v) is 5.36. The average molecular weight is 368 g/mol. The van der Waals surface area contributed by atoms with Crippen LogP contribution in [0, 0.1) is 0 Å². The van der Waals surface area contributed by atoms with Gasteiger partial charge in [-0.05, 0) is 48.8 Å². The highest BCUT2D eigenvalue weighted by Crippen LogP contribution is 2.31. The molecule has 1 amide bonds. The summed E-state index contributed by atoms with van der Waals surface area (Å²) in [5.41, 5.74) is 2.94. The number of hydrogen-bond acceptors (Lipinski definition) is 6. The third-order valence-electron chi connectivity index (χ3n) is 4.62. The number of aromatic nitrogens is 5. The molecule has 0 unspecified atom stereocenters. The maximum Gasteiger partial charge on any atom is 0.265 e. The van der Waals surface area contributed by atoms with Crippen LogP contribution in [0.15, 0.2) is 30.6 Å². The van der Waals surface area contributed by atoms with Crippen LogP contribution in [0.5, 0.6) is 0 Å². The fourth-order valence-electron chi connectivity index (χ4n) is 3.34. The van der Waals surface area contributed by atoms with Gasteiger partial charge >= 0.3 is 0 Å². The normalized spacial score (nSPS) is 16.5. The lowest BCUT2D eigenvalue weighted by Gasteiger charge is -2.24. The zero-order valence-corrected chi connectivity index (χ0v) is 15.5. The van der Waals surface area contributed by atoms with Crippen LogP contribution in [0.3, 0.4) is 0 Å². The van der Waals surface area contributed by atoms with Gasteiger partial charge in [0.15, 0.2) is 5.82 Å². The van der Waals surface area contributed by atoms with E-state index in [-0.39, 0.29) is 17.9 Å². The molecule has 0 spiro atoms. The fourth-order valence-corrected chi connectivity index (χ4v) is 4.06. The van der Waals surface area contributed by atoms with Gasteiger partial charge < -0.3 is 5.32 Å². The van der Waals surface area contributed by atoms with Crippen LogP contribution in [-0.2, 0) is 6.42 Å². The van der Waals surface area contributed by atoms with Gasteiger partial charge in [-0.3, -0.25) is 4.79 Å². The number of rotatable bonds is 4. The molecule has 7 nitrogen and oxygen atoms in total. The summed E-state index contributed by atoms with van der Waals surface area (Å²) >= 11 is 1.15. The maximum absolute atomic E-state index is 12.8. The number of fused-ring (bicyclic) bond motifs is 1. The summed E-state index contributed by atoms with van der Waals surface area (Å²) in [5.74, 6) is 0.866. The summed E-state index contributed by atoms with van der Waals surface area (Å²) in [4.78, 5) is 17.8. The highest BCUT2D eigenvalue weighted by atomic mass is 32.1. The SMILES string of the molecule is CC(C)c1nnsc1C(=O)N[C@@H]1CCCc2c1cnn2-c1ccccn1. The zero-order chi connectivity index (χ0) is 18.1. The first-order valence-corrected chi connectivity index (χ1v) is 9.53. The number of pyridine rings is 1. The minimum atomic E-state index is -0.105. The summed E-state index contributed by atoms with van der Waals surface area (Å²) in [5, 5.41) is 11.8. The Labute approximate surface area is 155 Å². The van der Waals surface area contributed by atoms with E-state index in [0.717, 1.165) is 53.6 Å². The molecule has 3 aromatic heterocycles. The summed E-state index contributed by atoms with van der Waals surface area (Å²) in [7, 11) is 0. The predicted molar refractivity (Wildman–Crippen MR) is 98.5 cm³/mol. The van der Waals surface area contributed by atoms with E-state index in [1.807, 2.05) is 42.9 Å². The Morgan fingerprint density at radius 2 is 2.27 bits per heavy atom. The van der Waals surface area contributed by atoms with Crippen LogP contribution < -0.4 is 5.32 Å². The highest BCUT2D eigenvalue weighted by Gasteiger charge is 2.28. The molecule has 4 rings (SSSR count). The van der Waals surface area contributed by atoms with Crippen LogP contribution in [0.25, 0.3) is 5.82 Å². The van der Waals surface area contributed by atoms with Crippen molar-refractivity contribution in [1.82, 2.24) is 29.7 Å². The Bertz CT molecular complexity index is 917. The molecule has 0 aliphatic heterocycles. The van der Waals surface area contributed by atoms with Crippen molar-refractivity contribution in [2.75, 3.05) is 0 Å². The van der Waals surface area contributed by atoms with E-state index in [1.54, 1.807) is 6.20 Å². The minimum Gasteiger partial charge on any atom is -0.344 e. The van der Waals surface area contributed by atoms with E-state index in [2.05, 4.69) is 25.0 Å². The third kappa shape index (κ3) is 3.01. The molecule has 8 heteroatoms. The van der Waals surface area contributed by atoms with Crippen LogP contribution >= 0.6 is 11.5 Å². The molecule has 0 fully saturated rings. The summed E-state index contributed by atoms with van der Waals surface area (Å²) in [6, 6.07) is 5.72. The molecular formula is C18H20N6OS. The Morgan fingerprint density at radius 1 is 1.38 bits per heavy atom. The first-order chi connectivity index (χ1) is 12.6. The molecular weight excluding hydrogens is 348 g/mol. The highest BCUT2D eigenvalue weighted by molar-refractivity contribution is 7.08. The molecule has 0 bridgehead atoms. The molecule has 3 aromatic rings. The topological polar surface area (TPSA) is 85.6 Å². The molecule has 1 aliphatic rings. The molecule has 1 aliphatic carbocycles. The van der Waals surface area contributed by atoms with E-state index < -0.39 is 0 Å². The van der Waals surface area contributed by atoms with Crippen molar-refractivity contribution in [1.29, 1.82) is 0 Å². The van der Waals surface area contributed by atoms with Gasteiger partial charge in [-0.2, -0.15) is 5.10 Å². The van der Waals surface area contributed by atoms with E-state index in [9.17, 15) is 4.79 Å². The van der Waals surface area contributed by atoms with Crippen molar-refractivity contribution >= 4 is 17.4 Å². The largest absolute Gasteiger partial charge is 0.344 e. The molecule has 0 aromatic carbocycles. The van der Waals surface area contributed by atoms with Gasteiger partial charge in [-0.15, -0.1) is 5.10 Å². The number of nitrogens with zero attached hydrogens (tertiary/aromatic N) is 5. The Balaban J connectivity index is 1.60. The molecule has 3 heterocycles. The van der Waals surface area contributed by atoms with Crippen LogP contribution in [0.4, 0.5) is 0 Å². The van der Waals surface area contributed by atoms with Crippen LogP contribution in [-0.4, -0.2) is 30.3 Å². The second-order valence-corrected chi connectivity index (χ2v) is 7.46. The van der Waals surface area contributed by atoms with Crippen molar-refractivity contribution in [3.8, 4) is 5.82 Å². The summed E-state index contributed by atoms with van der Waals surface area (Å²) < 4.78 is 5.83. The lowest BCUT2D eigenvalue weighted by atomic mass is 9.93. The predicted octanol–water partition coefficient (Wildman–Crippen LogP) is 3.05. The number of amides is 1. The van der Waals surface area contributed by atoms with E-state index in [1.165, 1.54) is 0 Å². The first-order valence-electron chi connectivity index (χ1n) is 8.76. The summed E-state index contributed by atoms with van der Waals surface area (Å²) in [6.45, 7) is 4.03. The van der Waals surface area contributed by atoms with Gasteiger partial charge in [-0.1, -0.05) is 24.4 Å². The second kappa shape index (κ2) is 6.95. The maximum atomic E-state index is 12.8. The quantitative estimate of drug-likeness (QED) is 0.765. The monoisotopic (exact) mass is 368 g/mol. The summed E-state index contributed by atoms with van der Waals surface area (Å²) in [6.07, 6.45) is 6.43. The molecule has 0 saturated carbocycles. The van der Waals surface area contributed by atoms with Gasteiger partial charge in [0.05, 0.1) is 23.6 Å². The van der Waals surface area contributed by atoms with Crippen molar-refractivity contribution in [3.05, 3.63) is 52.4 Å². The smallest absolute Gasteiger partial charge is 0.265 e. The van der Waals surface area contributed by atoms with Gasteiger partial charge in [-0.25, -0.2) is 9.67 Å². The number of nitrogens with one attached hydrogen (secondary N) is 1. The molecule has 1 atom stereocenters. The van der Waals surface area contributed by atoms with Crippen molar-refractivity contribution in [2.45, 2.75) is 45.1 Å². The lowest BCUT2D eigenvalue weighted by molar-refractivity contribution is 0.0935. The molecule has 0 radical (unpaired) electrons. The standard InChI is InChI=1S/C18H20N6OS/c1-11(2)16-17(26-23-22-16)18(25)21-13-6-5-7-14-12(13)10-20-24(14)15-8-3-4-9-19-15/h3-4,8-11,13H,5-7H2,1-2H3,(H,21,25)/t13-/m1/s1. The van der Waals surface area contributed by atoms with Crippen molar-refractivity contribution < 1.29 is 4.79 Å². The number of carbonyl (C=O) groups excluding carboxylic acids is 1. The average Bonchev–Trinajstić information content (AvgIpc) is 3.30. The second-order valence-electron chi connectivity index (χ2n) is 6.71.